The quantitative estimate of drug-likeness (QED) is 0.175. The first-order chi connectivity index (χ1) is 28.7. The van der Waals surface area contributed by atoms with Crippen LogP contribution in [0.3, 0.4) is 0 Å². The van der Waals surface area contributed by atoms with Crippen molar-refractivity contribution < 1.29 is 0 Å². The van der Waals surface area contributed by atoms with Crippen molar-refractivity contribution in [3.63, 3.8) is 0 Å². The van der Waals surface area contributed by atoms with Crippen LogP contribution in [0, 0.1) is 11.3 Å². The van der Waals surface area contributed by atoms with Crippen LogP contribution in [0.5, 0.6) is 0 Å². The third-order valence-electron chi connectivity index (χ3n) is 11.5. The van der Waals surface area contributed by atoms with E-state index in [1.54, 1.807) is 11.8 Å². The van der Waals surface area contributed by atoms with Crippen LogP contribution < -0.4 is 0 Å². The molecule has 0 N–H and O–H groups in total. The summed E-state index contributed by atoms with van der Waals surface area (Å²) in [5.41, 5.74) is 14.8. The molecule has 58 heavy (non-hydrogen) atoms. The summed E-state index contributed by atoms with van der Waals surface area (Å²) in [6.45, 7) is 0. The number of aromatic nitrogens is 3. The number of fused-ring (bicyclic) bond motifs is 9. The molecule has 0 bridgehead atoms. The number of benzene rings is 8. The summed E-state index contributed by atoms with van der Waals surface area (Å²) in [6.07, 6.45) is 0. The maximum Gasteiger partial charge on any atom is 0.164 e. The van der Waals surface area contributed by atoms with Crippen molar-refractivity contribution in [2.45, 2.75) is 15.2 Å². The number of rotatable bonds is 5. The molecule has 0 radical (unpaired) electrons. The largest absolute Gasteiger partial charge is 0.208 e. The highest BCUT2D eigenvalue weighted by molar-refractivity contribution is 7.99. The minimum absolute atomic E-state index is 0.553. The summed E-state index contributed by atoms with van der Waals surface area (Å²) in [4.78, 5) is 17.0. The van der Waals surface area contributed by atoms with Crippen LogP contribution >= 0.6 is 11.8 Å². The molecule has 2 aliphatic rings. The Labute approximate surface area is 341 Å². The Morgan fingerprint density at radius 1 is 0.362 bits per heavy atom. The second kappa shape index (κ2) is 13.7. The second-order valence-electron chi connectivity index (χ2n) is 14.6. The van der Waals surface area contributed by atoms with E-state index in [4.69, 9.17) is 15.0 Å². The monoisotopic (exact) mass is 756 g/mol. The van der Waals surface area contributed by atoms with Crippen LogP contribution in [-0.4, -0.2) is 15.0 Å². The molecule has 270 valence electrons. The number of nitriles is 1. The van der Waals surface area contributed by atoms with E-state index in [1.807, 2.05) is 72.8 Å². The molecule has 1 aromatic heterocycles. The molecule has 0 saturated carbocycles. The van der Waals surface area contributed by atoms with Crippen molar-refractivity contribution in [1.82, 2.24) is 15.0 Å². The van der Waals surface area contributed by atoms with E-state index in [0.29, 0.717) is 23.0 Å². The van der Waals surface area contributed by atoms with Gasteiger partial charge in [0.25, 0.3) is 0 Å². The Bertz CT molecular complexity index is 2990. The first-order valence-corrected chi connectivity index (χ1v) is 20.1. The van der Waals surface area contributed by atoms with Crippen molar-refractivity contribution in [3.05, 3.63) is 222 Å². The predicted molar refractivity (Wildman–Crippen MR) is 233 cm³/mol. The van der Waals surface area contributed by atoms with Gasteiger partial charge in [-0.25, -0.2) is 15.0 Å². The first-order valence-electron chi connectivity index (χ1n) is 19.3. The topological polar surface area (TPSA) is 62.5 Å². The standard InChI is InChI=1S/C53H32N4S/c54-33-40-20-12-26-46-48(40)58-49-41(23-13-27-47(49)53(46)44-24-9-7-21-42(44)43-22-8-10-25-45(43)53)35-30-28-34(29-31-35)38-18-11-19-39(32-38)52-56-50(36-14-3-1-4-15-36)55-51(57-52)37-16-5-2-6-17-37/h1-32H. The highest BCUT2D eigenvalue weighted by Crippen LogP contribution is 2.63. The van der Waals surface area contributed by atoms with Gasteiger partial charge in [-0.05, 0) is 67.8 Å². The highest BCUT2D eigenvalue weighted by Gasteiger charge is 2.51. The van der Waals surface area contributed by atoms with Gasteiger partial charge in [0.15, 0.2) is 17.5 Å². The summed E-state index contributed by atoms with van der Waals surface area (Å²) in [5, 5.41) is 10.4. The first kappa shape index (κ1) is 33.9. The molecule has 0 amide bonds. The predicted octanol–water partition coefficient (Wildman–Crippen LogP) is 12.9. The third kappa shape index (κ3) is 5.27. The van der Waals surface area contributed by atoms with E-state index in [2.05, 4.69) is 127 Å². The lowest BCUT2D eigenvalue weighted by atomic mass is 9.66. The fourth-order valence-corrected chi connectivity index (χ4v) is 10.3. The zero-order valence-corrected chi connectivity index (χ0v) is 32.0. The van der Waals surface area contributed by atoms with Gasteiger partial charge in [0, 0.05) is 26.5 Å². The van der Waals surface area contributed by atoms with Gasteiger partial charge >= 0.3 is 0 Å². The summed E-state index contributed by atoms with van der Waals surface area (Å²) in [7, 11) is 0. The minimum Gasteiger partial charge on any atom is -0.208 e. The van der Waals surface area contributed by atoms with E-state index in [-0.39, 0.29) is 0 Å². The molecule has 0 saturated heterocycles. The van der Waals surface area contributed by atoms with Crippen molar-refractivity contribution >= 4 is 11.8 Å². The van der Waals surface area contributed by atoms with Gasteiger partial charge < -0.3 is 0 Å². The lowest BCUT2D eigenvalue weighted by Gasteiger charge is -2.40. The Morgan fingerprint density at radius 3 is 1.43 bits per heavy atom. The van der Waals surface area contributed by atoms with E-state index in [1.165, 1.54) is 38.3 Å². The van der Waals surface area contributed by atoms with Gasteiger partial charge in [-0.15, -0.1) is 0 Å². The molecule has 0 atom stereocenters. The van der Waals surface area contributed by atoms with Crippen molar-refractivity contribution in [1.29, 1.82) is 5.26 Å². The summed E-state index contributed by atoms with van der Waals surface area (Å²) >= 11 is 1.72. The lowest BCUT2D eigenvalue weighted by molar-refractivity contribution is 0.722. The Morgan fingerprint density at radius 2 is 0.810 bits per heavy atom. The van der Waals surface area contributed by atoms with Crippen LogP contribution in [0.1, 0.15) is 27.8 Å². The van der Waals surface area contributed by atoms with Gasteiger partial charge in [0.1, 0.15) is 6.07 Å². The van der Waals surface area contributed by atoms with E-state index in [0.717, 1.165) is 43.8 Å². The molecule has 4 nitrogen and oxygen atoms in total. The molecular formula is C53H32N4S. The zero-order chi connectivity index (χ0) is 38.6. The Kier molecular flexibility index (Phi) is 7.99. The molecule has 5 heteroatoms. The van der Waals surface area contributed by atoms with Gasteiger partial charge in [-0.1, -0.05) is 194 Å². The molecule has 2 heterocycles. The van der Waals surface area contributed by atoms with E-state index in [9.17, 15) is 5.26 Å². The zero-order valence-electron chi connectivity index (χ0n) is 31.2. The summed E-state index contributed by atoms with van der Waals surface area (Å²) < 4.78 is 0. The molecule has 11 rings (SSSR count). The Balaban J connectivity index is 1.02. The van der Waals surface area contributed by atoms with Crippen molar-refractivity contribution in [2.24, 2.45) is 0 Å². The van der Waals surface area contributed by atoms with Crippen LogP contribution in [0.2, 0.25) is 0 Å². The van der Waals surface area contributed by atoms with Gasteiger partial charge in [-0.2, -0.15) is 5.26 Å². The van der Waals surface area contributed by atoms with Crippen molar-refractivity contribution in [2.75, 3.05) is 0 Å². The van der Waals surface area contributed by atoms with Crippen LogP contribution in [-0.2, 0) is 5.41 Å². The normalized spacial score (nSPS) is 12.9. The molecule has 0 fully saturated rings. The maximum absolute atomic E-state index is 10.4. The molecule has 1 spiro atoms. The highest BCUT2D eigenvalue weighted by atomic mass is 32.2. The van der Waals surface area contributed by atoms with Crippen molar-refractivity contribution in [3.8, 4) is 73.6 Å². The minimum atomic E-state index is -0.553. The average molecular weight is 757 g/mol. The lowest BCUT2D eigenvalue weighted by Crippen LogP contribution is -2.32. The smallest absolute Gasteiger partial charge is 0.164 e. The molecule has 1 aliphatic heterocycles. The number of hydrogen-bond donors (Lipinski definition) is 0. The van der Waals surface area contributed by atoms with Gasteiger partial charge in [0.2, 0.25) is 0 Å². The van der Waals surface area contributed by atoms with Crippen LogP contribution in [0.15, 0.2) is 204 Å². The second-order valence-corrected chi connectivity index (χ2v) is 15.6. The maximum atomic E-state index is 10.4. The average Bonchev–Trinajstić information content (AvgIpc) is 3.60. The molecule has 0 unspecified atom stereocenters. The van der Waals surface area contributed by atoms with Gasteiger partial charge in [-0.3, -0.25) is 0 Å². The van der Waals surface area contributed by atoms with Crippen LogP contribution in [0.25, 0.3) is 67.5 Å². The number of hydrogen-bond acceptors (Lipinski definition) is 5. The fourth-order valence-electron chi connectivity index (χ4n) is 8.88. The summed E-state index contributed by atoms with van der Waals surface area (Å²) in [6, 6.07) is 70.4. The van der Waals surface area contributed by atoms with Gasteiger partial charge in [0.05, 0.1) is 11.0 Å². The summed E-state index contributed by atoms with van der Waals surface area (Å²) in [5.74, 6) is 1.90. The molecule has 1 aliphatic carbocycles. The third-order valence-corrected chi connectivity index (χ3v) is 12.8. The molecule has 9 aromatic rings. The van der Waals surface area contributed by atoms with Crippen LogP contribution in [0.4, 0.5) is 0 Å². The Hall–Kier alpha value is -7.39. The van der Waals surface area contributed by atoms with E-state index >= 15 is 0 Å². The SMILES string of the molecule is N#Cc1cccc2c1Sc1c(-c3ccc(-c4cccc(-c5nc(-c6ccccc6)nc(-c6ccccc6)n5)c4)cc3)cccc1C21c2ccccc2-c2ccccc21. The van der Waals surface area contributed by atoms with E-state index < -0.39 is 5.41 Å². The molecular weight excluding hydrogens is 725 g/mol. The number of nitrogens with zero attached hydrogens (tertiary/aromatic N) is 4. The molecule has 8 aromatic carbocycles. The fraction of sp³-hybridized carbons (Fsp3) is 0.0189.